The highest BCUT2D eigenvalue weighted by molar-refractivity contribution is 7.91. The Hall–Kier alpha value is -6.80. The second kappa shape index (κ2) is 18.4. The van der Waals surface area contributed by atoms with E-state index in [2.05, 4.69) is 40.5 Å². The largest absolute Gasteiger partial charge is 0.508 e. The minimum absolute atomic E-state index is 0.0314. The maximum Gasteiger partial charge on any atom is 0.330 e. The Bertz CT molecular complexity index is 2350. The van der Waals surface area contributed by atoms with Crippen LogP contribution in [0.25, 0.3) is 0 Å². The van der Waals surface area contributed by atoms with E-state index in [1.807, 2.05) is 0 Å². The summed E-state index contributed by atoms with van der Waals surface area (Å²) in [6.45, 7) is 1.11. The third kappa shape index (κ3) is 10.5. The van der Waals surface area contributed by atoms with Crippen LogP contribution in [0.15, 0.2) is 117 Å². The molecule has 0 atom stereocenters. The molecule has 0 amide bonds. The lowest BCUT2D eigenvalue weighted by atomic mass is 10.2. The summed E-state index contributed by atoms with van der Waals surface area (Å²) < 4.78 is 73.7. The predicted molar refractivity (Wildman–Crippen MR) is 208 cm³/mol. The van der Waals surface area contributed by atoms with E-state index in [0.717, 1.165) is 25.7 Å². The fourth-order valence-corrected chi connectivity index (χ4v) is 7.74. The fraction of sp³-hybridized carbons (Fsp3) is 0.211. The van der Waals surface area contributed by atoms with E-state index >= 15 is 0 Å². The highest BCUT2D eigenvalue weighted by atomic mass is 32.2. The molecule has 0 fully saturated rings. The number of methoxy groups -OCH3 is 2. The van der Waals surface area contributed by atoms with Gasteiger partial charge in [0, 0.05) is 13.1 Å². The van der Waals surface area contributed by atoms with Crippen LogP contribution in [0.1, 0.15) is 25.7 Å². The summed E-state index contributed by atoms with van der Waals surface area (Å²) in [6.07, 6.45) is 3.36. The van der Waals surface area contributed by atoms with E-state index in [1.165, 1.54) is 111 Å². The molecule has 20 heteroatoms. The first-order valence-electron chi connectivity index (χ1n) is 17.6. The van der Waals surface area contributed by atoms with Gasteiger partial charge in [-0.25, -0.2) is 16.8 Å². The van der Waals surface area contributed by atoms with Crippen molar-refractivity contribution in [2.45, 2.75) is 45.3 Å². The van der Waals surface area contributed by atoms with Crippen molar-refractivity contribution in [3.63, 3.8) is 0 Å². The second-order valence-corrected chi connectivity index (χ2v) is 16.2. The number of anilines is 2. The normalized spacial score (nSPS) is 11.4. The number of aromatic hydroxyl groups is 2. The molecule has 0 unspecified atom stereocenters. The monoisotopic (exact) mass is 830 g/mol. The Morgan fingerprint density at radius 3 is 1.09 bits per heavy atom. The third-order valence-electron chi connectivity index (χ3n) is 8.20. The van der Waals surface area contributed by atoms with Gasteiger partial charge in [0.1, 0.15) is 23.0 Å². The van der Waals surface area contributed by atoms with Crippen LogP contribution in [0.4, 0.5) is 11.9 Å². The summed E-state index contributed by atoms with van der Waals surface area (Å²) in [5, 5.41) is 25.3. The molecule has 4 aromatic carbocycles. The van der Waals surface area contributed by atoms with Crippen LogP contribution in [0.2, 0.25) is 0 Å². The van der Waals surface area contributed by atoms with Gasteiger partial charge in [0.05, 0.1) is 33.8 Å². The molecule has 0 bridgehead atoms. The lowest BCUT2D eigenvalue weighted by Gasteiger charge is -2.10. The summed E-state index contributed by atoms with van der Waals surface area (Å²) in [5.41, 5.74) is 0. The van der Waals surface area contributed by atoms with Gasteiger partial charge >= 0.3 is 24.0 Å². The number of nitrogens with zero attached hydrogens (tertiary/aromatic N) is 6. The van der Waals surface area contributed by atoms with Gasteiger partial charge < -0.3 is 39.8 Å². The number of benzene rings is 4. The lowest BCUT2D eigenvalue weighted by molar-refractivity contribution is 0.359. The summed E-state index contributed by atoms with van der Waals surface area (Å²) in [6, 6.07) is 22.0. The Morgan fingerprint density at radius 1 is 0.448 bits per heavy atom. The molecule has 0 spiro atoms. The van der Waals surface area contributed by atoms with E-state index in [-0.39, 0.29) is 67.0 Å². The molecule has 0 radical (unpaired) electrons. The van der Waals surface area contributed by atoms with E-state index < -0.39 is 19.7 Å². The molecule has 0 aliphatic heterocycles. The van der Waals surface area contributed by atoms with Crippen molar-refractivity contribution >= 4 is 31.6 Å². The minimum Gasteiger partial charge on any atom is -0.508 e. The Morgan fingerprint density at radius 2 is 0.759 bits per heavy atom. The van der Waals surface area contributed by atoms with Gasteiger partial charge in [-0.2, -0.15) is 19.9 Å². The van der Waals surface area contributed by atoms with Crippen molar-refractivity contribution in [3.8, 4) is 47.0 Å². The van der Waals surface area contributed by atoms with Crippen molar-refractivity contribution in [3.05, 3.63) is 97.1 Å². The number of ether oxygens (including phenoxy) is 4. The Labute approximate surface area is 333 Å². The standard InChI is InChI=1S/C38H38N8O10S2/c1-53-35-41-33(43-37(45-35)55-27-11-19-31(20-12-27)57(49,50)29-15-7-25(47)8-16-29)39-23-5-3-4-6-24-40-34-42-36(54-2)46-38(44-34)56-28-13-21-32(22-14-28)58(51,52)30-17-9-26(48)10-18-30/h7-22,47-48H,3-6,23-24H2,1-2H3,(H,39,41,43,45)(H,40,42,44,46). The summed E-state index contributed by atoms with van der Waals surface area (Å²) in [5.74, 6) is 1.01. The molecule has 302 valence electrons. The SMILES string of the molecule is COc1nc(NCCCCCCNc2nc(OC)nc(Oc3ccc(S(=O)(=O)c4ccc(O)cc4)cc3)n2)nc(Oc2ccc(S(=O)(=O)c3ccc(O)cc3)cc2)n1. The summed E-state index contributed by atoms with van der Waals surface area (Å²) in [4.78, 5) is 25.5. The van der Waals surface area contributed by atoms with Gasteiger partial charge in [0.15, 0.2) is 0 Å². The van der Waals surface area contributed by atoms with Gasteiger partial charge in [0.2, 0.25) is 31.6 Å². The first-order valence-corrected chi connectivity index (χ1v) is 20.6. The average molecular weight is 831 g/mol. The van der Waals surface area contributed by atoms with Crippen LogP contribution >= 0.6 is 0 Å². The van der Waals surface area contributed by atoms with E-state index in [9.17, 15) is 27.0 Å². The van der Waals surface area contributed by atoms with Gasteiger partial charge in [-0.3, -0.25) is 0 Å². The first-order chi connectivity index (χ1) is 27.9. The molecule has 6 aromatic rings. The summed E-state index contributed by atoms with van der Waals surface area (Å²) >= 11 is 0. The van der Waals surface area contributed by atoms with Crippen molar-refractivity contribution in [2.75, 3.05) is 37.9 Å². The molecule has 6 rings (SSSR count). The van der Waals surface area contributed by atoms with Crippen molar-refractivity contribution in [1.29, 1.82) is 0 Å². The minimum atomic E-state index is -3.80. The number of hydrogen-bond donors (Lipinski definition) is 4. The maximum absolute atomic E-state index is 12.9. The number of sulfone groups is 2. The Balaban J connectivity index is 0.943. The molecule has 2 aromatic heterocycles. The Kier molecular flexibility index (Phi) is 13.0. The highest BCUT2D eigenvalue weighted by Crippen LogP contribution is 2.28. The molecular formula is C38H38N8O10S2. The van der Waals surface area contributed by atoms with Crippen molar-refractivity contribution in [2.24, 2.45) is 0 Å². The van der Waals surface area contributed by atoms with Gasteiger partial charge in [0.25, 0.3) is 0 Å². The van der Waals surface area contributed by atoms with Crippen LogP contribution < -0.4 is 29.6 Å². The molecule has 2 heterocycles. The molecule has 0 aliphatic carbocycles. The van der Waals surface area contributed by atoms with Crippen LogP contribution in [-0.2, 0) is 19.7 Å². The zero-order chi connectivity index (χ0) is 41.1. The zero-order valence-corrected chi connectivity index (χ0v) is 32.8. The lowest BCUT2D eigenvalue weighted by Crippen LogP contribution is -2.09. The molecule has 0 aliphatic rings. The predicted octanol–water partition coefficient (Wildman–Crippen LogP) is 5.82. The number of phenolic OH excluding ortho intramolecular Hbond substituents is 2. The summed E-state index contributed by atoms with van der Waals surface area (Å²) in [7, 11) is -4.77. The molecular weight excluding hydrogens is 793 g/mol. The van der Waals surface area contributed by atoms with Gasteiger partial charge in [-0.15, -0.1) is 9.97 Å². The van der Waals surface area contributed by atoms with E-state index in [4.69, 9.17) is 18.9 Å². The smallest absolute Gasteiger partial charge is 0.330 e. The van der Waals surface area contributed by atoms with Gasteiger partial charge in [-0.1, -0.05) is 12.8 Å². The van der Waals surface area contributed by atoms with Crippen molar-refractivity contribution in [1.82, 2.24) is 29.9 Å². The van der Waals surface area contributed by atoms with E-state index in [1.54, 1.807) is 0 Å². The number of phenols is 2. The average Bonchev–Trinajstić information content (AvgIpc) is 3.22. The fourth-order valence-electron chi connectivity index (χ4n) is 5.22. The molecule has 58 heavy (non-hydrogen) atoms. The number of rotatable bonds is 19. The molecule has 0 saturated carbocycles. The van der Waals surface area contributed by atoms with Crippen LogP contribution in [0.5, 0.6) is 47.0 Å². The number of aromatic nitrogens is 6. The van der Waals surface area contributed by atoms with Gasteiger partial charge in [-0.05, 0) is 110 Å². The molecule has 18 nitrogen and oxygen atoms in total. The third-order valence-corrected chi connectivity index (χ3v) is 11.8. The molecule has 4 N–H and O–H groups in total. The van der Waals surface area contributed by atoms with Crippen LogP contribution in [0, 0.1) is 0 Å². The van der Waals surface area contributed by atoms with Crippen molar-refractivity contribution < 1.29 is 46.0 Å². The molecule has 0 saturated heterocycles. The number of hydrogen-bond acceptors (Lipinski definition) is 18. The quantitative estimate of drug-likeness (QED) is 0.0702. The second-order valence-electron chi connectivity index (χ2n) is 12.3. The number of unbranched alkanes of at least 4 members (excludes halogenated alkanes) is 3. The number of nitrogens with one attached hydrogen (secondary N) is 2. The zero-order valence-electron chi connectivity index (χ0n) is 31.1. The van der Waals surface area contributed by atoms with E-state index in [0.29, 0.717) is 24.6 Å². The first kappa shape index (κ1) is 40.9. The highest BCUT2D eigenvalue weighted by Gasteiger charge is 2.20. The maximum atomic E-state index is 12.9. The topological polar surface area (TPSA) is 247 Å². The van der Waals surface area contributed by atoms with Crippen LogP contribution in [-0.4, -0.2) is 84.3 Å². The van der Waals surface area contributed by atoms with Crippen LogP contribution in [0.3, 0.4) is 0 Å².